The number of hydrogen-bond acceptors (Lipinski definition) is 8. The number of amides is 2. The summed E-state index contributed by atoms with van der Waals surface area (Å²) in [5.41, 5.74) is 0. The summed E-state index contributed by atoms with van der Waals surface area (Å²) in [6.45, 7) is -0.172. The first-order chi connectivity index (χ1) is 13.1. The number of imide groups is 1. The maximum Gasteiger partial charge on any atom is 0.308 e. The lowest BCUT2D eigenvalue weighted by molar-refractivity contribution is -0.147. The molecule has 2 amide bonds. The summed E-state index contributed by atoms with van der Waals surface area (Å²) < 4.78 is 15.6. The van der Waals surface area contributed by atoms with Crippen LogP contribution in [0.25, 0.3) is 11.7 Å². The highest BCUT2D eigenvalue weighted by atomic mass is 16.5. The topological polar surface area (TPSA) is 116 Å². The highest BCUT2D eigenvalue weighted by Gasteiger charge is 2.46. The number of aromatic nitrogens is 2. The quantitative estimate of drug-likeness (QED) is 0.428. The summed E-state index contributed by atoms with van der Waals surface area (Å²) in [5.74, 6) is -0.822. The first kappa shape index (κ1) is 17.2. The lowest BCUT2D eigenvalue weighted by Gasteiger charge is -2.14. The summed E-state index contributed by atoms with van der Waals surface area (Å²) in [5, 5.41) is 7.58. The molecule has 0 aromatic carbocycles. The number of likely N-dealkylation sites (tertiary alicyclic amines) is 1. The van der Waals surface area contributed by atoms with Crippen LogP contribution in [0, 0.1) is 11.8 Å². The Morgan fingerprint density at radius 1 is 1.19 bits per heavy atom. The summed E-state index contributed by atoms with van der Waals surface area (Å²) in [6, 6.07) is 3.35. The minimum atomic E-state index is -0.554. The van der Waals surface area contributed by atoms with Crippen LogP contribution in [-0.2, 0) is 25.7 Å². The van der Waals surface area contributed by atoms with E-state index in [0.717, 1.165) is 0 Å². The average molecular weight is 371 g/mol. The monoisotopic (exact) mass is 371 g/mol. The molecule has 0 N–H and O–H groups in total. The van der Waals surface area contributed by atoms with Gasteiger partial charge in [0.1, 0.15) is 0 Å². The van der Waals surface area contributed by atoms with E-state index >= 15 is 0 Å². The smallest absolute Gasteiger partial charge is 0.308 e. The maximum absolute atomic E-state index is 12.3. The van der Waals surface area contributed by atoms with Crippen LogP contribution in [0.1, 0.15) is 25.2 Å². The fraction of sp³-hybridized carbons (Fsp3) is 0.389. The number of nitrogens with zero attached hydrogens (tertiary/aromatic N) is 3. The Labute approximate surface area is 154 Å². The van der Waals surface area contributed by atoms with Crippen molar-refractivity contribution in [1.29, 1.82) is 0 Å². The summed E-state index contributed by atoms with van der Waals surface area (Å²) >= 11 is 0. The van der Waals surface area contributed by atoms with Gasteiger partial charge in [-0.2, -0.15) is 0 Å². The number of furan rings is 1. The molecule has 1 aliphatic carbocycles. The highest BCUT2D eigenvalue weighted by molar-refractivity contribution is 6.05. The molecule has 9 heteroatoms. The molecule has 0 radical (unpaired) electrons. The van der Waals surface area contributed by atoms with E-state index in [1.807, 2.05) is 12.2 Å². The predicted octanol–water partition coefficient (Wildman–Crippen LogP) is 1.71. The normalized spacial score (nSPS) is 21.6. The first-order valence-corrected chi connectivity index (χ1v) is 8.65. The molecule has 27 heavy (non-hydrogen) atoms. The first-order valence-electron chi connectivity index (χ1n) is 8.65. The molecule has 0 unspecified atom stereocenters. The van der Waals surface area contributed by atoms with Crippen LogP contribution in [0.15, 0.2) is 39.4 Å². The van der Waals surface area contributed by atoms with Crippen LogP contribution in [-0.4, -0.2) is 39.4 Å². The van der Waals surface area contributed by atoms with Gasteiger partial charge in [-0.3, -0.25) is 19.3 Å². The van der Waals surface area contributed by atoms with E-state index in [9.17, 15) is 14.4 Å². The fourth-order valence-corrected chi connectivity index (χ4v) is 3.32. The van der Waals surface area contributed by atoms with Crippen molar-refractivity contribution >= 4 is 17.8 Å². The molecule has 2 atom stereocenters. The molecule has 2 aromatic heterocycles. The minimum absolute atomic E-state index is 0.0188. The van der Waals surface area contributed by atoms with Crippen LogP contribution in [0.5, 0.6) is 0 Å². The predicted molar refractivity (Wildman–Crippen MR) is 88.5 cm³/mol. The second-order valence-electron chi connectivity index (χ2n) is 6.37. The largest absolute Gasteiger partial charge is 0.459 e. The lowest BCUT2D eigenvalue weighted by atomic mass is 9.85. The molecule has 1 aliphatic heterocycles. The molecule has 4 rings (SSSR count). The van der Waals surface area contributed by atoms with Crippen LogP contribution in [0.2, 0.25) is 0 Å². The Balaban J connectivity index is 1.27. The van der Waals surface area contributed by atoms with Crippen molar-refractivity contribution in [1.82, 2.24) is 15.1 Å². The van der Waals surface area contributed by atoms with E-state index in [1.165, 1.54) is 11.2 Å². The number of esters is 1. The molecule has 0 bridgehead atoms. The van der Waals surface area contributed by atoms with Gasteiger partial charge in [0, 0.05) is 6.54 Å². The van der Waals surface area contributed by atoms with Gasteiger partial charge in [-0.25, -0.2) is 0 Å². The van der Waals surface area contributed by atoms with Crippen molar-refractivity contribution in [2.45, 2.75) is 25.9 Å². The minimum Gasteiger partial charge on any atom is -0.459 e. The second-order valence-corrected chi connectivity index (χ2v) is 6.37. The number of carbonyl (C=O) groups excluding carboxylic acids is 3. The van der Waals surface area contributed by atoms with E-state index in [2.05, 4.69) is 10.2 Å². The van der Waals surface area contributed by atoms with Gasteiger partial charge in [-0.15, -0.1) is 10.2 Å². The summed E-state index contributed by atoms with van der Waals surface area (Å²) in [6.07, 6.45) is 6.39. The second kappa shape index (κ2) is 7.18. The Hall–Kier alpha value is -3.23. The summed E-state index contributed by atoms with van der Waals surface area (Å²) in [4.78, 5) is 37.8. The fourth-order valence-electron chi connectivity index (χ4n) is 3.32. The van der Waals surface area contributed by atoms with Gasteiger partial charge in [-0.1, -0.05) is 12.2 Å². The number of carbonyl (C=O) groups is 3. The lowest BCUT2D eigenvalue weighted by Crippen LogP contribution is -2.33. The maximum atomic E-state index is 12.3. The van der Waals surface area contributed by atoms with Crippen LogP contribution >= 0.6 is 0 Å². The third-order valence-corrected chi connectivity index (χ3v) is 4.69. The van der Waals surface area contributed by atoms with Crippen LogP contribution in [0.4, 0.5) is 0 Å². The van der Waals surface area contributed by atoms with E-state index < -0.39 is 5.97 Å². The molecule has 2 aromatic rings. The molecule has 9 nitrogen and oxygen atoms in total. The van der Waals surface area contributed by atoms with E-state index in [-0.39, 0.29) is 55.0 Å². The molecule has 1 saturated heterocycles. The average Bonchev–Trinajstić information content (AvgIpc) is 3.41. The zero-order valence-corrected chi connectivity index (χ0v) is 14.4. The van der Waals surface area contributed by atoms with Gasteiger partial charge in [-0.05, 0) is 25.0 Å². The third-order valence-electron chi connectivity index (χ3n) is 4.69. The Morgan fingerprint density at radius 3 is 2.59 bits per heavy atom. The molecular weight excluding hydrogens is 354 g/mol. The highest BCUT2D eigenvalue weighted by Crippen LogP contribution is 2.35. The van der Waals surface area contributed by atoms with Gasteiger partial charge >= 0.3 is 5.97 Å². The number of rotatable bonds is 6. The van der Waals surface area contributed by atoms with Gasteiger partial charge in [0.2, 0.25) is 11.8 Å². The number of fused-ring (bicyclic) bond motifs is 1. The van der Waals surface area contributed by atoms with Crippen molar-refractivity contribution in [3.8, 4) is 11.7 Å². The van der Waals surface area contributed by atoms with Gasteiger partial charge in [0.25, 0.3) is 11.8 Å². The van der Waals surface area contributed by atoms with Crippen LogP contribution in [0.3, 0.4) is 0 Å². The molecule has 3 heterocycles. The third kappa shape index (κ3) is 3.40. The molecule has 140 valence electrons. The SMILES string of the molecule is O=C(CCN1C(=O)[C@@H]2CC=CC[C@H]2C1=O)OCc1nnc(-c2ccco2)o1. The zero-order chi connectivity index (χ0) is 18.8. The Bertz CT molecular complexity index is 859. The van der Waals surface area contributed by atoms with Crippen LogP contribution < -0.4 is 0 Å². The molecule has 0 spiro atoms. The molecule has 2 aliphatic rings. The van der Waals surface area contributed by atoms with Gasteiger partial charge in [0.05, 0.1) is 24.5 Å². The number of hydrogen-bond donors (Lipinski definition) is 0. The van der Waals surface area contributed by atoms with Crippen molar-refractivity contribution in [2.75, 3.05) is 6.54 Å². The number of ether oxygens (including phenoxy) is 1. The van der Waals surface area contributed by atoms with Gasteiger partial charge in [0.15, 0.2) is 12.4 Å². The molecule has 1 fully saturated rings. The van der Waals surface area contributed by atoms with Crippen molar-refractivity contribution in [2.24, 2.45) is 11.8 Å². The van der Waals surface area contributed by atoms with Crippen molar-refractivity contribution in [3.63, 3.8) is 0 Å². The van der Waals surface area contributed by atoms with Gasteiger partial charge < -0.3 is 13.6 Å². The number of allylic oxidation sites excluding steroid dienone is 2. The van der Waals surface area contributed by atoms with E-state index in [0.29, 0.717) is 18.6 Å². The van der Waals surface area contributed by atoms with Crippen molar-refractivity contribution < 1.29 is 28.0 Å². The summed E-state index contributed by atoms with van der Waals surface area (Å²) in [7, 11) is 0. The molecular formula is C18H17N3O6. The van der Waals surface area contributed by atoms with Crippen molar-refractivity contribution in [3.05, 3.63) is 36.4 Å². The molecule has 0 saturated carbocycles. The Kier molecular flexibility index (Phi) is 4.57. The standard InChI is InChI=1S/C18H17N3O6/c22-15(26-10-14-19-20-16(27-14)13-6-3-9-25-13)7-8-21-17(23)11-4-1-2-5-12(11)18(21)24/h1-3,6,9,11-12H,4-5,7-8,10H2/t11-,12-/m1/s1. The Morgan fingerprint density at radius 2 is 1.93 bits per heavy atom. The zero-order valence-electron chi connectivity index (χ0n) is 14.4. The van der Waals surface area contributed by atoms with E-state index in [4.69, 9.17) is 13.6 Å². The van der Waals surface area contributed by atoms with E-state index in [1.54, 1.807) is 12.1 Å².